The van der Waals surface area contributed by atoms with E-state index in [2.05, 4.69) is 49.2 Å². The average Bonchev–Trinajstić information content (AvgIpc) is 2.33. The first-order chi connectivity index (χ1) is 7.33. The summed E-state index contributed by atoms with van der Waals surface area (Å²) >= 11 is 0. The monoisotopic (exact) mass is 207 g/mol. The number of benzene rings is 1. The van der Waals surface area contributed by atoms with Gasteiger partial charge in [0.2, 0.25) is 0 Å². The lowest BCUT2D eigenvalue weighted by atomic mass is 10.1. The predicted octanol–water partition coefficient (Wildman–Crippen LogP) is 3.60. The molecule has 1 rings (SSSR count). The van der Waals surface area contributed by atoms with E-state index >= 15 is 0 Å². The summed E-state index contributed by atoms with van der Waals surface area (Å²) in [6, 6.07) is 10.7. The van der Waals surface area contributed by atoms with Crippen molar-refractivity contribution in [2.45, 2.75) is 33.6 Å². The number of aryl methyl sites for hydroxylation is 1. The molecule has 0 saturated heterocycles. The molecule has 86 valence electrons. The van der Waals surface area contributed by atoms with E-state index in [-0.39, 0.29) is 0 Å². The molecule has 0 spiro atoms. The van der Waals surface area contributed by atoms with Gasteiger partial charge in [0.15, 0.2) is 0 Å². The van der Waals surface area contributed by atoms with E-state index in [4.69, 9.17) is 0 Å². The molecule has 0 amide bonds. The van der Waals surface area contributed by atoms with Gasteiger partial charge >= 0.3 is 0 Å². The molecule has 0 aliphatic heterocycles. The molecule has 1 heteroatoms. The molecule has 1 aromatic carbocycles. The largest absolute Gasteiger partial charge is 0.307 e. The number of rotatable bonds is 5. The van der Waals surface area contributed by atoms with Gasteiger partial charge in [0.05, 0.1) is 0 Å². The van der Waals surface area contributed by atoms with Gasteiger partial charge in [0.25, 0.3) is 0 Å². The fourth-order valence-electron chi connectivity index (χ4n) is 1.36. The third-order valence-corrected chi connectivity index (χ3v) is 2.39. The second kappa shape index (κ2) is 9.72. The van der Waals surface area contributed by atoms with Crippen LogP contribution in [-0.2, 0) is 6.42 Å². The van der Waals surface area contributed by atoms with E-state index in [0.717, 1.165) is 6.54 Å². The lowest BCUT2D eigenvalue weighted by molar-refractivity contribution is 0.347. The summed E-state index contributed by atoms with van der Waals surface area (Å²) in [4.78, 5) is 2.35. The summed E-state index contributed by atoms with van der Waals surface area (Å²) in [5, 5.41) is 0. The van der Waals surface area contributed by atoms with Gasteiger partial charge in [0, 0.05) is 0 Å². The second-order valence-corrected chi connectivity index (χ2v) is 3.49. The van der Waals surface area contributed by atoms with Crippen LogP contribution in [0.15, 0.2) is 30.3 Å². The van der Waals surface area contributed by atoms with Gasteiger partial charge in [-0.05, 0) is 38.5 Å². The van der Waals surface area contributed by atoms with Gasteiger partial charge in [0.1, 0.15) is 0 Å². The minimum absolute atomic E-state index is 1.15. The van der Waals surface area contributed by atoms with Crippen molar-refractivity contribution in [3.05, 3.63) is 35.9 Å². The van der Waals surface area contributed by atoms with Gasteiger partial charge in [-0.25, -0.2) is 0 Å². The van der Waals surface area contributed by atoms with Crippen molar-refractivity contribution in [2.24, 2.45) is 0 Å². The summed E-state index contributed by atoms with van der Waals surface area (Å²) in [7, 11) is 2.17. The van der Waals surface area contributed by atoms with Gasteiger partial charge < -0.3 is 4.90 Å². The molecule has 0 atom stereocenters. The fraction of sp³-hybridized carbons (Fsp3) is 0.571. The van der Waals surface area contributed by atoms with Gasteiger partial charge in [-0.1, -0.05) is 51.1 Å². The maximum Gasteiger partial charge on any atom is -0.00187 e. The third kappa shape index (κ3) is 7.15. The first-order valence-electron chi connectivity index (χ1n) is 6.05. The normalized spacial score (nSPS) is 9.67. The van der Waals surface area contributed by atoms with E-state index in [1.54, 1.807) is 0 Å². The molecule has 0 N–H and O–H groups in total. The maximum atomic E-state index is 2.35. The van der Waals surface area contributed by atoms with Crippen molar-refractivity contribution < 1.29 is 0 Å². The first kappa shape index (κ1) is 14.2. The summed E-state index contributed by atoms with van der Waals surface area (Å²) < 4.78 is 0. The van der Waals surface area contributed by atoms with Gasteiger partial charge in [-0.3, -0.25) is 0 Å². The molecule has 0 saturated carbocycles. The second-order valence-electron chi connectivity index (χ2n) is 3.49. The third-order valence-electron chi connectivity index (χ3n) is 2.39. The van der Waals surface area contributed by atoms with Crippen LogP contribution >= 0.6 is 0 Å². The molecule has 0 unspecified atom stereocenters. The number of nitrogens with zero attached hydrogens (tertiary/aromatic N) is 1. The standard InChI is InChI=1S/C12H19N.C2H6/c1-3-13(2)11-7-10-12-8-5-4-6-9-12;1-2/h4-6,8-9H,3,7,10-11H2,1-2H3;1-2H3. The Morgan fingerprint density at radius 1 is 1.07 bits per heavy atom. The van der Waals surface area contributed by atoms with Crippen molar-refractivity contribution in [3.63, 3.8) is 0 Å². The Labute approximate surface area is 95.1 Å². The Balaban J connectivity index is 0.000000921. The summed E-state index contributed by atoms with van der Waals surface area (Å²) in [5.41, 5.74) is 1.45. The zero-order chi connectivity index (χ0) is 11.5. The van der Waals surface area contributed by atoms with E-state index in [1.807, 2.05) is 13.8 Å². The molecule has 0 radical (unpaired) electrons. The quantitative estimate of drug-likeness (QED) is 0.713. The SMILES string of the molecule is CC.CCN(C)CCCc1ccccc1. The van der Waals surface area contributed by atoms with Gasteiger partial charge in [-0.2, -0.15) is 0 Å². The zero-order valence-electron chi connectivity index (χ0n) is 10.7. The van der Waals surface area contributed by atoms with E-state index in [9.17, 15) is 0 Å². The number of hydrogen-bond donors (Lipinski definition) is 0. The highest BCUT2D eigenvalue weighted by Crippen LogP contribution is 2.02. The minimum Gasteiger partial charge on any atom is -0.307 e. The Morgan fingerprint density at radius 3 is 2.20 bits per heavy atom. The highest BCUT2D eigenvalue weighted by Gasteiger charge is 1.95. The van der Waals surface area contributed by atoms with E-state index in [0.29, 0.717) is 0 Å². The van der Waals surface area contributed by atoms with Crippen molar-refractivity contribution >= 4 is 0 Å². The van der Waals surface area contributed by atoms with Crippen LogP contribution in [-0.4, -0.2) is 25.0 Å². The molecular weight excluding hydrogens is 182 g/mol. The van der Waals surface area contributed by atoms with Crippen LogP contribution in [0.2, 0.25) is 0 Å². The van der Waals surface area contributed by atoms with Crippen LogP contribution in [0.5, 0.6) is 0 Å². The highest BCUT2D eigenvalue weighted by atomic mass is 15.1. The molecule has 0 heterocycles. The highest BCUT2D eigenvalue weighted by molar-refractivity contribution is 5.14. The lowest BCUT2D eigenvalue weighted by Gasteiger charge is -2.12. The predicted molar refractivity (Wildman–Crippen MR) is 69.3 cm³/mol. The lowest BCUT2D eigenvalue weighted by Crippen LogP contribution is -2.19. The summed E-state index contributed by atoms with van der Waals surface area (Å²) in [6.07, 6.45) is 2.46. The molecule has 0 aliphatic carbocycles. The zero-order valence-corrected chi connectivity index (χ0v) is 10.7. The molecule has 1 nitrogen and oxygen atoms in total. The van der Waals surface area contributed by atoms with Crippen molar-refractivity contribution in [1.29, 1.82) is 0 Å². The fourth-order valence-corrected chi connectivity index (χ4v) is 1.36. The van der Waals surface area contributed by atoms with Crippen LogP contribution in [0.1, 0.15) is 32.8 Å². The van der Waals surface area contributed by atoms with Crippen molar-refractivity contribution in [1.82, 2.24) is 4.90 Å². The minimum atomic E-state index is 1.15. The van der Waals surface area contributed by atoms with Crippen molar-refractivity contribution in [2.75, 3.05) is 20.1 Å². The molecule has 0 bridgehead atoms. The Hall–Kier alpha value is -0.820. The average molecular weight is 207 g/mol. The summed E-state index contributed by atoms with van der Waals surface area (Å²) in [6.45, 7) is 8.54. The van der Waals surface area contributed by atoms with Crippen LogP contribution in [0.25, 0.3) is 0 Å². The molecule has 0 fully saturated rings. The Bertz CT molecular complexity index is 218. The number of hydrogen-bond acceptors (Lipinski definition) is 1. The molecule has 1 aromatic rings. The maximum absolute atomic E-state index is 2.35. The molecule has 15 heavy (non-hydrogen) atoms. The first-order valence-corrected chi connectivity index (χ1v) is 6.05. The smallest absolute Gasteiger partial charge is 0.00187 e. The van der Waals surface area contributed by atoms with Crippen LogP contribution in [0.3, 0.4) is 0 Å². The van der Waals surface area contributed by atoms with Crippen LogP contribution in [0, 0.1) is 0 Å². The Morgan fingerprint density at radius 2 is 1.67 bits per heavy atom. The summed E-state index contributed by atoms with van der Waals surface area (Å²) in [5.74, 6) is 0. The topological polar surface area (TPSA) is 3.24 Å². The Kier molecular flexibility index (Phi) is 9.19. The van der Waals surface area contributed by atoms with E-state index in [1.165, 1.54) is 24.9 Å². The van der Waals surface area contributed by atoms with Gasteiger partial charge in [-0.15, -0.1) is 0 Å². The van der Waals surface area contributed by atoms with E-state index < -0.39 is 0 Å². The molecular formula is C14H25N. The van der Waals surface area contributed by atoms with Crippen molar-refractivity contribution in [3.8, 4) is 0 Å². The van der Waals surface area contributed by atoms with Crippen LogP contribution in [0.4, 0.5) is 0 Å². The van der Waals surface area contributed by atoms with Crippen LogP contribution < -0.4 is 0 Å². The molecule has 0 aliphatic rings. The molecule has 0 aromatic heterocycles.